The van der Waals surface area contributed by atoms with Gasteiger partial charge in [0.25, 0.3) is 0 Å². The van der Waals surface area contributed by atoms with Crippen molar-refractivity contribution < 1.29 is 13.2 Å². The van der Waals surface area contributed by atoms with Crippen LogP contribution in [0.5, 0.6) is 0 Å². The molecule has 0 fully saturated rings. The second-order valence-electron chi connectivity index (χ2n) is 6.99. The third kappa shape index (κ3) is 7.06. The number of sulfone groups is 1. The number of benzene rings is 2. The summed E-state index contributed by atoms with van der Waals surface area (Å²) in [6.45, 7) is 1.17. The molecule has 0 N–H and O–H groups in total. The van der Waals surface area contributed by atoms with Crippen molar-refractivity contribution in [3.05, 3.63) is 47.5 Å². The Morgan fingerprint density at radius 2 is 1.81 bits per heavy atom. The zero-order valence-corrected chi connectivity index (χ0v) is 21.3. The van der Waals surface area contributed by atoms with Crippen LogP contribution < -0.4 is 4.90 Å². The molecule has 31 heavy (non-hydrogen) atoms. The quantitative estimate of drug-likeness (QED) is 0.409. The Morgan fingerprint density at radius 1 is 1.13 bits per heavy atom. The van der Waals surface area contributed by atoms with E-state index in [0.717, 1.165) is 9.60 Å². The van der Waals surface area contributed by atoms with E-state index in [-0.39, 0.29) is 29.0 Å². The van der Waals surface area contributed by atoms with Crippen LogP contribution in [0.4, 0.5) is 5.13 Å². The van der Waals surface area contributed by atoms with Gasteiger partial charge < -0.3 is 4.90 Å². The third-order valence-corrected chi connectivity index (χ3v) is 7.66. The molecule has 3 aromatic rings. The number of hydrogen-bond donors (Lipinski definition) is 0. The van der Waals surface area contributed by atoms with Gasteiger partial charge in [0, 0.05) is 29.3 Å². The lowest BCUT2D eigenvalue weighted by molar-refractivity contribution is -0.116. The summed E-state index contributed by atoms with van der Waals surface area (Å²) in [4.78, 5) is 22.5. The van der Waals surface area contributed by atoms with Gasteiger partial charge in [0.2, 0.25) is 5.91 Å². The van der Waals surface area contributed by atoms with Crippen molar-refractivity contribution >= 4 is 78.2 Å². The molecule has 0 aliphatic heterocycles. The van der Waals surface area contributed by atoms with Crippen LogP contribution in [-0.2, 0) is 14.6 Å². The van der Waals surface area contributed by atoms with Gasteiger partial charge in [-0.1, -0.05) is 22.9 Å². The van der Waals surface area contributed by atoms with Crippen molar-refractivity contribution in [3.63, 3.8) is 0 Å². The van der Waals surface area contributed by atoms with Crippen LogP contribution in [0.15, 0.2) is 52.3 Å². The van der Waals surface area contributed by atoms with Crippen molar-refractivity contribution in [2.24, 2.45) is 0 Å². The van der Waals surface area contributed by atoms with E-state index in [1.54, 1.807) is 35.2 Å². The number of hydrogen-bond acceptors (Lipinski definition) is 7. The number of fused-ring (bicyclic) bond motifs is 1. The highest BCUT2D eigenvalue weighted by Crippen LogP contribution is 2.31. The highest BCUT2D eigenvalue weighted by molar-refractivity contribution is 8.00. The molecule has 6 nitrogen and oxygen atoms in total. The van der Waals surface area contributed by atoms with E-state index in [2.05, 4.69) is 4.98 Å². The first-order chi connectivity index (χ1) is 14.1. The number of aromatic nitrogens is 1. The van der Waals surface area contributed by atoms with Crippen molar-refractivity contribution in [2.45, 2.75) is 9.79 Å². The van der Waals surface area contributed by atoms with Crippen LogP contribution in [0.25, 0.3) is 10.2 Å². The molecule has 0 aliphatic rings. The van der Waals surface area contributed by atoms with E-state index >= 15 is 0 Å². The van der Waals surface area contributed by atoms with E-state index in [0.29, 0.717) is 28.8 Å². The van der Waals surface area contributed by atoms with Crippen LogP contribution in [0.2, 0.25) is 5.02 Å². The van der Waals surface area contributed by atoms with Gasteiger partial charge in [0.1, 0.15) is 0 Å². The largest absolute Gasteiger partial charge is 0.308 e. The first-order valence-electron chi connectivity index (χ1n) is 9.07. The number of nitrogens with zero attached hydrogens (tertiary/aromatic N) is 3. The molecular formula is C20H23Cl2N3O3S3. The molecule has 0 unspecified atom stereocenters. The van der Waals surface area contributed by atoms with Gasteiger partial charge in [-0.2, -0.15) is 0 Å². The summed E-state index contributed by atoms with van der Waals surface area (Å²) in [5.41, 5.74) is 0.676. The van der Waals surface area contributed by atoms with Gasteiger partial charge in [-0.15, -0.1) is 24.2 Å². The molecule has 3 rings (SSSR count). The topological polar surface area (TPSA) is 70.6 Å². The lowest BCUT2D eigenvalue weighted by Gasteiger charge is -2.21. The highest BCUT2D eigenvalue weighted by Gasteiger charge is 2.21. The van der Waals surface area contributed by atoms with E-state index < -0.39 is 9.84 Å². The SMILES string of the molecule is CN(C)CCN(C(=O)CSc1ccc(Cl)cc1)c1nc2ccc(S(C)(=O)=O)cc2s1.Cl. The summed E-state index contributed by atoms with van der Waals surface area (Å²) >= 11 is 8.68. The number of likely N-dealkylation sites (N-methyl/N-ethyl adjacent to an activating group) is 1. The number of carbonyl (C=O) groups excluding carboxylic acids is 1. The first kappa shape index (κ1) is 25.9. The smallest absolute Gasteiger partial charge is 0.239 e. The van der Waals surface area contributed by atoms with Crippen LogP contribution in [0, 0.1) is 0 Å². The summed E-state index contributed by atoms with van der Waals surface area (Å²) in [6.07, 6.45) is 1.18. The fraction of sp³-hybridized carbons (Fsp3) is 0.300. The fourth-order valence-electron chi connectivity index (χ4n) is 2.62. The Morgan fingerprint density at radius 3 is 2.42 bits per heavy atom. The summed E-state index contributed by atoms with van der Waals surface area (Å²) in [6, 6.07) is 12.2. The molecule has 0 radical (unpaired) electrons. The number of carbonyl (C=O) groups is 1. The summed E-state index contributed by atoms with van der Waals surface area (Å²) in [5, 5.41) is 1.22. The second-order valence-corrected chi connectivity index (χ2v) is 11.5. The molecule has 1 amide bonds. The molecule has 11 heteroatoms. The Bertz CT molecular complexity index is 1150. The van der Waals surface area contributed by atoms with Crippen molar-refractivity contribution in [1.82, 2.24) is 9.88 Å². The van der Waals surface area contributed by atoms with Crippen molar-refractivity contribution in [1.29, 1.82) is 0 Å². The normalized spacial score (nSPS) is 11.5. The van der Waals surface area contributed by atoms with E-state index in [9.17, 15) is 13.2 Å². The van der Waals surface area contributed by atoms with E-state index in [4.69, 9.17) is 11.6 Å². The standard InChI is InChI=1S/C20H22ClN3O3S3.ClH/c1-23(2)10-11-24(19(25)13-28-15-6-4-14(21)5-7-15)20-22-17-9-8-16(30(3,26)27)12-18(17)29-20;/h4-9,12H,10-11,13H2,1-3H3;1H. The minimum absolute atomic E-state index is 0. The maximum Gasteiger partial charge on any atom is 0.239 e. The minimum Gasteiger partial charge on any atom is -0.308 e. The predicted molar refractivity (Wildman–Crippen MR) is 133 cm³/mol. The van der Waals surface area contributed by atoms with Crippen LogP contribution >= 0.6 is 47.1 Å². The monoisotopic (exact) mass is 519 g/mol. The van der Waals surface area contributed by atoms with Gasteiger partial charge in [-0.05, 0) is 56.6 Å². The van der Waals surface area contributed by atoms with E-state index in [1.165, 1.54) is 29.4 Å². The molecule has 1 heterocycles. The zero-order valence-electron chi connectivity index (χ0n) is 17.2. The van der Waals surface area contributed by atoms with Crippen molar-refractivity contribution in [3.8, 4) is 0 Å². The van der Waals surface area contributed by atoms with Gasteiger partial charge in [0.15, 0.2) is 15.0 Å². The molecular weight excluding hydrogens is 497 g/mol. The number of thioether (sulfide) groups is 1. The van der Waals surface area contributed by atoms with Gasteiger partial charge in [-0.3, -0.25) is 9.69 Å². The molecule has 0 aliphatic carbocycles. The number of amides is 1. The highest BCUT2D eigenvalue weighted by atomic mass is 35.5. The van der Waals surface area contributed by atoms with Gasteiger partial charge >= 0.3 is 0 Å². The Kier molecular flexibility index (Phi) is 9.17. The predicted octanol–water partition coefficient (Wildman–Crippen LogP) is 4.46. The average Bonchev–Trinajstić information content (AvgIpc) is 3.09. The molecule has 0 saturated carbocycles. The van der Waals surface area contributed by atoms with Gasteiger partial charge in [0.05, 0.1) is 20.9 Å². The third-order valence-electron chi connectivity index (χ3n) is 4.26. The Labute approximate surface area is 201 Å². The second kappa shape index (κ2) is 11.0. The summed E-state index contributed by atoms with van der Waals surface area (Å²) in [5.74, 6) is 0.207. The Hall–Kier alpha value is -1.36. The summed E-state index contributed by atoms with van der Waals surface area (Å²) in [7, 11) is 0.586. The lowest BCUT2D eigenvalue weighted by Crippen LogP contribution is -2.37. The fourth-order valence-corrected chi connectivity index (χ4v) is 5.29. The van der Waals surface area contributed by atoms with Crippen LogP contribution in [0.3, 0.4) is 0 Å². The molecule has 1 aromatic heterocycles. The molecule has 0 bridgehead atoms. The molecule has 0 atom stereocenters. The van der Waals surface area contributed by atoms with Crippen LogP contribution in [-0.4, -0.2) is 63.4 Å². The number of thiazole rings is 1. The summed E-state index contributed by atoms with van der Waals surface area (Å²) < 4.78 is 24.4. The molecule has 0 saturated heterocycles. The Balaban J connectivity index is 0.00000341. The molecule has 0 spiro atoms. The molecule has 168 valence electrons. The maximum absolute atomic E-state index is 13.0. The first-order valence-corrected chi connectivity index (χ1v) is 13.1. The number of halogens is 2. The van der Waals surface area contributed by atoms with E-state index in [1.807, 2.05) is 31.1 Å². The number of rotatable bonds is 8. The lowest BCUT2D eigenvalue weighted by atomic mass is 10.3. The van der Waals surface area contributed by atoms with Gasteiger partial charge in [-0.25, -0.2) is 13.4 Å². The minimum atomic E-state index is -3.31. The zero-order chi connectivity index (χ0) is 21.9. The molecule has 2 aromatic carbocycles. The van der Waals surface area contributed by atoms with Crippen LogP contribution in [0.1, 0.15) is 0 Å². The number of anilines is 1. The maximum atomic E-state index is 13.0. The average molecular weight is 521 g/mol. The van der Waals surface area contributed by atoms with Crippen molar-refractivity contribution in [2.75, 3.05) is 44.1 Å².